The molecule has 0 radical (unpaired) electrons. The number of aromatic hydroxyl groups is 2. The van der Waals surface area contributed by atoms with E-state index in [1.807, 2.05) is 0 Å². The normalized spacial score (nSPS) is 11.5. The summed E-state index contributed by atoms with van der Waals surface area (Å²) in [5.41, 5.74) is 0.629. The van der Waals surface area contributed by atoms with Crippen molar-refractivity contribution in [2.24, 2.45) is 0 Å². The van der Waals surface area contributed by atoms with Gasteiger partial charge in [0.1, 0.15) is 0 Å². The van der Waals surface area contributed by atoms with Crippen LogP contribution in [0.3, 0.4) is 0 Å². The lowest BCUT2D eigenvalue weighted by Gasteiger charge is -2.03. The van der Waals surface area contributed by atoms with Crippen LogP contribution in [-0.4, -0.2) is 22.8 Å². The molecule has 174 valence electrons. The lowest BCUT2D eigenvalue weighted by atomic mass is 10.1. The maximum Gasteiger partial charge on any atom is 0.330 e. The summed E-state index contributed by atoms with van der Waals surface area (Å²) < 4.78 is 5.19. The maximum absolute atomic E-state index is 11.7. The number of benzene rings is 1. The molecule has 0 spiro atoms. The number of ether oxygens (including phenoxy) is 1. The second-order valence-electron chi connectivity index (χ2n) is 8.19. The van der Waals surface area contributed by atoms with Crippen LogP contribution in [-0.2, 0) is 9.53 Å². The molecule has 1 rings (SSSR count). The molecule has 0 atom stereocenters. The molecule has 4 nitrogen and oxygen atoms in total. The Morgan fingerprint density at radius 3 is 2.00 bits per heavy atom. The Morgan fingerprint density at radius 1 is 0.806 bits per heavy atom. The van der Waals surface area contributed by atoms with E-state index >= 15 is 0 Å². The highest BCUT2D eigenvalue weighted by Gasteiger charge is 2.00. The van der Waals surface area contributed by atoms with Crippen LogP contribution in [0, 0.1) is 0 Å². The van der Waals surface area contributed by atoms with Crippen molar-refractivity contribution in [2.45, 2.75) is 96.8 Å². The van der Waals surface area contributed by atoms with Gasteiger partial charge in [-0.1, -0.05) is 82.9 Å². The molecule has 1 aromatic carbocycles. The monoisotopic (exact) mass is 430 g/mol. The van der Waals surface area contributed by atoms with Crippen molar-refractivity contribution < 1.29 is 19.7 Å². The molecule has 1 aromatic rings. The molecule has 31 heavy (non-hydrogen) atoms. The first-order chi connectivity index (χ1) is 15.1. The Labute approximate surface area is 189 Å². The summed E-state index contributed by atoms with van der Waals surface area (Å²) in [6.07, 6.45) is 25.1. The summed E-state index contributed by atoms with van der Waals surface area (Å²) in [5, 5.41) is 18.7. The Bertz CT molecular complexity index is 649. The second-order valence-corrected chi connectivity index (χ2v) is 8.19. The van der Waals surface area contributed by atoms with E-state index in [9.17, 15) is 15.0 Å². The van der Waals surface area contributed by atoms with Crippen molar-refractivity contribution >= 4 is 12.0 Å². The average molecular weight is 431 g/mol. The van der Waals surface area contributed by atoms with Gasteiger partial charge in [-0.05, 0) is 55.9 Å². The van der Waals surface area contributed by atoms with Crippen molar-refractivity contribution in [3.63, 3.8) is 0 Å². The summed E-state index contributed by atoms with van der Waals surface area (Å²) in [7, 11) is 0. The predicted molar refractivity (Wildman–Crippen MR) is 129 cm³/mol. The van der Waals surface area contributed by atoms with Gasteiger partial charge in [-0.3, -0.25) is 0 Å². The van der Waals surface area contributed by atoms with Gasteiger partial charge in [-0.2, -0.15) is 0 Å². The van der Waals surface area contributed by atoms with Gasteiger partial charge in [-0.25, -0.2) is 4.79 Å². The van der Waals surface area contributed by atoms with E-state index in [1.54, 1.807) is 12.1 Å². The minimum absolute atomic E-state index is 0.181. The van der Waals surface area contributed by atoms with Crippen LogP contribution in [0.5, 0.6) is 11.5 Å². The smallest absolute Gasteiger partial charge is 0.330 e. The van der Waals surface area contributed by atoms with Crippen LogP contribution in [0.15, 0.2) is 36.4 Å². The largest absolute Gasteiger partial charge is 0.504 e. The lowest BCUT2D eigenvalue weighted by Crippen LogP contribution is -2.02. The van der Waals surface area contributed by atoms with E-state index in [4.69, 9.17) is 4.74 Å². The fraction of sp³-hybridized carbons (Fsp3) is 0.593. The van der Waals surface area contributed by atoms with Crippen LogP contribution in [0.2, 0.25) is 0 Å². The van der Waals surface area contributed by atoms with E-state index in [0.717, 1.165) is 12.8 Å². The van der Waals surface area contributed by atoms with Crippen molar-refractivity contribution in [1.82, 2.24) is 0 Å². The van der Waals surface area contributed by atoms with Crippen LogP contribution < -0.4 is 0 Å². The van der Waals surface area contributed by atoms with Gasteiger partial charge in [-0.15, -0.1) is 0 Å². The first-order valence-electron chi connectivity index (χ1n) is 12.1. The van der Waals surface area contributed by atoms with Crippen molar-refractivity contribution in [1.29, 1.82) is 0 Å². The van der Waals surface area contributed by atoms with Gasteiger partial charge < -0.3 is 14.9 Å². The van der Waals surface area contributed by atoms with Crippen molar-refractivity contribution in [3.8, 4) is 11.5 Å². The van der Waals surface area contributed by atoms with E-state index in [2.05, 4.69) is 19.1 Å². The van der Waals surface area contributed by atoms with Gasteiger partial charge in [0, 0.05) is 6.08 Å². The molecular formula is C27H42O4. The quantitative estimate of drug-likeness (QED) is 0.0823. The highest BCUT2D eigenvalue weighted by Crippen LogP contribution is 2.25. The maximum atomic E-state index is 11.7. The fourth-order valence-corrected chi connectivity index (χ4v) is 3.38. The number of hydrogen-bond acceptors (Lipinski definition) is 4. The molecule has 0 aliphatic rings. The first-order valence-corrected chi connectivity index (χ1v) is 12.1. The van der Waals surface area contributed by atoms with E-state index in [0.29, 0.717) is 12.2 Å². The first kappa shape index (κ1) is 26.8. The third-order valence-electron chi connectivity index (χ3n) is 5.31. The standard InChI is InChI=1S/C27H42O4/c1-2-3-4-5-6-7-8-9-10-11-12-13-14-15-16-17-22-31-27(30)21-19-24-18-20-25(28)26(29)23-24/h9-10,18-21,23,28-29H,2-8,11-17,22H2,1H3/b10-9-,21-19+. The van der Waals surface area contributed by atoms with Gasteiger partial charge in [0.15, 0.2) is 11.5 Å². The molecule has 0 aliphatic carbocycles. The molecule has 0 aliphatic heterocycles. The number of carbonyl (C=O) groups is 1. The number of rotatable bonds is 18. The van der Waals surface area contributed by atoms with Gasteiger partial charge in [0.05, 0.1) is 6.61 Å². The van der Waals surface area contributed by atoms with Crippen LogP contribution >= 0.6 is 0 Å². The zero-order chi connectivity index (χ0) is 22.6. The molecule has 0 amide bonds. The summed E-state index contributed by atoms with van der Waals surface area (Å²) in [5.74, 6) is -0.778. The third kappa shape index (κ3) is 15.3. The van der Waals surface area contributed by atoms with E-state index < -0.39 is 0 Å². The zero-order valence-corrected chi connectivity index (χ0v) is 19.4. The number of esters is 1. The van der Waals surface area contributed by atoms with Crippen LogP contribution in [0.4, 0.5) is 0 Å². The summed E-state index contributed by atoms with van der Waals surface area (Å²) in [6.45, 7) is 2.70. The summed E-state index contributed by atoms with van der Waals surface area (Å²) in [4.78, 5) is 11.7. The van der Waals surface area contributed by atoms with Crippen LogP contribution in [0.1, 0.15) is 102 Å². The highest BCUT2D eigenvalue weighted by atomic mass is 16.5. The third-order valence-corrected chi connectivity index (χ3v) is 5.31. The topological polar surface area (TPSA) is 66.8 Å². The van der Waals surface area contributed by atoms with Crippen molar-refractivity contribution in [3.05, 3.63) is 42.0 Å². The fourth-order valence-electron chi connectivity index (χ4n) is 3.38. The summed E-state index contributed by atoms with van der Waals surface area (Å²) in [6, 6.07) is 4.39. The molecule has 0 fully saturated rings. The SMILES string of the molecule is CCCCCCCC/C=C\CCCCCCCCOC(=O)/C=C/c1ccc(O)c(O)c1. The average Bonchev–Trinajstić information content (AvgIpc) is 2.76. The molecule has 0 heterocycles. The predicted octanol–water partition coefficient (Wildman–Crippen LogP) is 7.69. The Balaban J connectivity index is 1.89. The number of phenolic OH excluding ortho intramolecular Hbond substituents is 2. The molecular weight excluding hydrogens is 388 g/mol. The lowest BCUT2D eigenvalue weighted by molar-refractivity contribution is -0.137. The molecule has 0 aromatic heterocycles. The second kappa shape index (κ2) is 18.5. The minimum Gasteiger partial charge on any atom is -0.504 e. The van der Waals surface area contributed by atoms with Gasteiger partial charge in [0.25, 0.3) is 0 Å². The Kier molecular flexibility index (Phi) is 16.0. The van der Waals surface area contributed by atoms with E-state index in [1.165, 1.54) is 95.3 Å². The minimum atomic E-state index is -0.389. The zero-order valence-electron chi connectivity index (χ0n) is 19.4. The van der Waals surface area contributed by atoms with E-state index in [-0.39, 0.29) is 17.5 Å². The Hall–Kier alpha value is -2.23. The highest BCUT2D eigenvalue weighted by molar-refractivity contribution is 5.87. The van der Waals surface area contributed by atoms with Crippen LogP contribution in [0.25, 0.3) is 6.08 Å². The van der Waals surface area contributed by atoms with Gasteiger partial charge in [0.2, 0.25) is 0 Å². The molecule has 2 N–H and O–H groups in total. The van der Waals surface area contributed by atoms with Crippen molar-refractivity contribution in [2.75, 3.05) is 6.61 Å². The molecule has 0 bridgehead atoms. The molecule has 0 saturated carbocycles. The number of carbonyl (C=O) groups excluding carboxylic acids is 1. The summed E-state index contributed by atoms with van der Waals surface area (Å²) >= 11 is 0. The number of unbranched alkanes of at least 4 members (excludes halogenated alkanes) is 12. The number of allylic oxidation sites excluding steroid dienone is 2. The molecule has 0 unspecified atom stereocenters. The Morgan fingerprint density at radius 2 is 1.39 bits per heavy atom. The number of hydrogen-bond donors (Lipinski definition) is 2. The molecule has 0 saturated heterocycles. The molecule has 4 heteroatoms. The number of phenols is 2. The van der Waals surface area contributed by atoms with Gasteiger partial charge >= 0.3 is 5.97 Å².